The Bertz CT molecular complexity index is 630. The third-order valence-corrected chi connectivity index (χ3v) is 6.29. The van der Waals surface area contributed by atoms with Crippen LogP contribution in [-0.2, 0) is 10.8 Å². The molecule has 3 rings (SSSR count). The molecule has 2 nitrogen and oxygen atoms in total. The molecule has 0 atom stereocenters. The summed E-state index contributed by atoms with van der Waals surface area (Å²) in [4.78, 5) is 4.81. The molecular formula is C18H26N2S. The summed E-state index contributed by atoms with van der Waals surface area (Å²) < 4.78 is 1.32. The maximum absolute atomic E-state index is 6.18. The number of aromatic nitrogens is 1. The molecule has 0 bridgehead atoms. The monoisotopic (exact) mass is 302 g/mol. The van der Waals surface area contributed by atoms with Gasteiger partial charge in [-0.05, 0) is 30.5 Å². The number of nitrogens with two attached hydrogens (primary N) is 1. The largest absolute Gasteiger partial charge is 0.330 e. The summed E-state index contributed by atoms with van der Waals surface area (Å²) in [5, 5.41) is 1.22. The summed E-state index contributed by atoms with van der Waals surface area (Å²) in [5.41, 5.74) is 9.08. The summed E-state index contributed by atoms with van der Waals surface area (Å²) in [6.45, 7) is 7.46. The maximum atomic E-state index is 6.18. The molecule has 2 N–H and O–H groups in total. The zero-order chi connectivity index (χ0) is 15.1. The van der Waals surface area contributed by atoms with Crippen LogP contribution in [0.2, 0.25) is 0 Å². The lowest BCUT2D eigenvalue weighted by molar-refractivity contribution is 0.301. The van der Waals surface area contributed by atoms with Crippen LogP contribution >= 0.6 is 11.3 Å². The van der Waals surface area contributed by atoms with E-state index in [9.17, 15) is 0 Å². The second kappa shape index (κ2) is 5.36. The molecule has 1 saturated carbocycles. The van der Waals surface area contributed by atoms with Crippen LogP contribution in [0.4, 0.5) is 0 Å². The van der Waals surface area contributed by atoms with Crippen LogP contribution in [0.1, 0.15) is 63.4 Å². The van der Waals surface area contributed by atoms with Gasteiger partial charge in [0.2, 0.25) is 0 Å². The van der Waals surface area contributed by atoms with E-state index in [4.69, 9.17) is 10.7 Å². The molecular weight excluding hydrogens is 276 g/mol. The van der Waals surface area contributed by atoms with Crippen LogP contribution in [0.15, 0.2) is 18.2 Å². The van der Waals surface area contributed by atoms with Gasteiger partial charge in [-0.3, -0.25) is 0 Å². The molecule has 0 aliphatic heterocycles. The highest BCUT2D eigenvalue weighted by Gasteiger charge is 2.32. The Morgan fingerprint density at radius 3 is 2.52 bits per heavy atom. The van der Waals surface area contributed by atoms with E-state index >= 15 is 0 Å². The smallest absolute Gasteiger partial charge is 0.0992 e. The maximum Gasteiger partial charge on any atom is 0.0992 e. The second-order valence-corrected chi connectivity index (χ2v) is 8.53. The van der Waals surface area contributed by atoms with Crippen molar-refractivity contribution in [3.05, 3.63) is 28.8 Å². The van der Waals surface area contributed by atoms with E-state index in [0.717, 1.165) is 12.1 Å². The summed E-state index contributed by atoms with van der Waals surface area (Å²) in [5.74, 6) is 0. The summed E-state index contributed by atoms with van der Waals surface area (Å²) in [6.07, 6.45) is 6.45. The number of benzene rings is 1. The molecule has 1 aromatic carbocycles. The van der Waals surface area contributed by atoms with Gasteiger partial charge in [0.25, 0.3) is 0 Å². The summed E-state index contributed by atoms with van der Waals surface area (Å²) in [7, 11) is 0. The SMILES string of the molecule is CC(C)(C)c1nc2ccc(C3(CN)CCCCC3)cc2s1. The second-order valence-electron chi connectivity index (χ2n) is 7.50. The molecule has 1 aromatic heterocycles. The Hall–Kier alpha value is -0.930. The van der Waals surface area contributed by atoms with Gasteiger partial charge in [0.1, 0.15) is 0 Å². The van der Waals surface area contributed by atoms with Crippen molar-refractivity contribution >= 4 is 21.6 Å². The minimum absolute atomic E-state index is 0.125. The Kier molecular flexibility index (Phi) is 3.83. The predicted molar refractivity (Wildman–Crippen MR) is 92.1 cm³/mol. The van der Waals surface area contributed by atoms with Crippen LogP contribution in [0.3, 0.4) is 0 Å². The molecule has 0 amide bonds. The van der Waals surface area contributed by atoms with Gasteiger partial charge in [-0.25, -0.2) is 4.98 Å². The van der Waals surface area contributed by atoms with Crippen LogP contribution in [0.25, 0.3) is 10.2 Å². The molecule has 21 heavy (non-hydrogen) atoms. The third-order valence-electron chi connectivity index (χ3n) is 4.84. The molecule has 1 fully saturated rings. The Labute approximate surface area is 131 Å². The Morgan fingerprint density at radius 1 is 1.19 bits per heavy atom. The number of rotatable bonds is 2. The standard InChI is InChI=1S/C18H26N2S/c1-17(2,3)16-20-14-8-7-13(11-15(14)21-16)18(12-19)9-5-4-6-10-18/h7-8,11H,4-6,9-10,12,19H2,1-3H3. The predicted octanol–water partition coefficient (Wildman–Crippen LogP) is 4.75. The van der Waals surface area contributed by atoms with Gasteiger partial charge in [-0.2, -0.15) is 0 Å². The quantitative estimate of drug-likeness (QED) is 0.869. The molecule has 1 heterocycles. The van der Waals surface area contributed by atoms with Gasteiger partial charge >= 0.3 is 0 Å². The molecule has 0 radical (unpaired) electrons. The molecule has 1 aliphatic carbocycles. The number of thiazole rings is 1. The number of nitrogens with zero attached hydrogens (tertiary/aromatic N) is 1. The van der Waals surface area contributed by atoms with Crippen molar-refractivity contribution in [2.45, 2.75) is 63.7 Å². The average molecular weight is 302 g/mol. The van der Waals surface area contributed by atoms with E-state index in [2.05, 4.69) is 39.0 Å². The fourth-order valence-corrected chi connectivity index (χ4v) is 4.48. The van der Waals surface area contributed by atoms with E-state index < -0.39 is 0 Å². The first-order valence-electron chi connectivity index (χ1n) is 8.06. The fourth-order valence-electron chi connectivity index (χ4n) is 3.41. The molecule has 2 aromatic rings. The van der Waals surface area contributed by atoms with E-state index in [1.807, 2.05) is 11.3 Å². The van der Waals surface area contributed by atoms with Gasteiger partial charge < -0.3 is 5.73 Å². The van der Waals surface area contributed by atoms with E-state index in [1.54, 1.807) is 0 Å². The van der Waals surface area contributed by atoms with E-state index in [-0.39, 0.29) is 10.8 Å². The summed E-state index contributed by atoms with van der Waals surface area (Å²) >= 11 is 1.84. The van der Waals surface area contributed by atoms with Gasteiger partial charge in [0.15, 0.2) is 0 Å². The van der Waals surface area contributed by atoms with Gasteiger partial charge in [-0.15, -0.1) is 11.3 Å². The van der Waals surface area contributed by atoms with Crippen molar-refractivity contribution in [1.82, 2.24) is 4.98 Å². The van der Waals surface area contributed by atoms with Crippen molar-refractivity contribution in [3.8, 4) is 0 Å². The summed E-state index contributed by atoms with van der Waals surface area (Å²) in [6, 6.07) is 6.83. The molecule has 0 spiro atoms. The lowest BCUT2D eigenvalue weighted by Crippen LogP contribution is -2.37. The fraction of sp³-hybridized carbons (Fsp3) is 0.611. The van der Waals surface area contributed by atoms with Crippen LogP contribution < -0.4 is 5.73 Å². The number of hydrogen-bond donors (Lipinski definition) is 1. The highest BCUT2D eigenvalue weighted by molar-refractivity contribution is 7.18. The number of hydrogen-bond acceptors (Lipinski definition) is 3. The topological polar surface area (TPSA) is 38.9 Å². The normalized spacial score (nSPS) is 19.0. The van der Waals surface area contributed by atoms with Crippen molar-refractivity contribution < 1.29 is 0 Å². The molecule has 1 aliphatic rings. The van der Waals surface area contributed by atoms with Crippen LogP contribution in [-0.4, -0.2) is 11.5 Å². The Morgan fingerprint density at radius 2 is 1.90 bits per heavy atom. The third kappa shape index (κ3) is 2.74. The minimum atomic E-state index is 0.125. The Balaban J connectivity index is 2.04. The molecule has 114 valence electrons. The first kappa shape index (κ1) is 15.0. The molecule has 3 heteroatoms. The lowest BCUT2D eigenvalue weighted by atomic mass is 9.69. The van der Waals surface area contributed by atoms with Crippen molar-refractivity contribution in [3.63, 3.8) is 0 Å². The van der Waals surface area contributed by atoms with Gasteiger partial charge in [0, 0.05) is 17.4 Å². The zero-order valence-electron chi connectivity index (χ0n) is 13.4. The number of fused-ring (bicyclic) bond motifs is 1. The van der Waals surface area contributed by atoms with E-state index in [1.165, 1.54) is 47.4 Å². The highest BCUT2D eigenvalue weighted by Crippen LogP contribution is 2.41. The van der Waals surface area contributed by atoms with E-state index in [0.29, 0.717) is 0 Å². The van der Waals surface area contributed by atoms with Gasteiger partial charge in [0.05, 0.1) is 15.2 Å². The van der Waals surface area contributed by atoms with Crippen molar-refractivity contribution in [2.75, 3.05) is 6.54 Å². The van der Waals surface area contributed by atoms with Crippen LogP contribution in [0.5, 0.6) is 0 Å². The molecule has 0 saturated heterocycles. The first-order chi connectivity index (χ1) is 9.94. The average Bonchev–Trinajstić information content (AvgIpc) is 2.91. The lowest BCUT2D eigenvalue weighted by Gasteiger charge is -2.36. The van der Waals surface area contributed by atoms with Crippen LogP contribution in [0, 0.1) is 0 Å². The first-order valence-corrected chi connectivity index (χ1v) is 8.88. The highest BCUT2D eigenvalue weighted by atomic mass is 32.1. The zero-order valence-corrected chi connectivity index (χ0v) is 14.2. The van der Waals surface area contributed by atoms with Crippen molar-refractivity contribution in [1.29, 1.82) is 0 Å². The molecule has 0 unspecified atom stereocenters. The van der Waals surface area contributed by atoms with Gasteiger partial charge in [-0.1, -0.05) is 46.1 Å². The minimum Gasteiger partial charge on any atom is -0.330 e. The van der Waals surface area contributed by atoms with Crippen molar-refractivity contribution in [2.24, 2.45) is 5.73 Å².